The molecule has 2 aliphatic rings. The molecule has 29 heavy (non-hydrogen) atoms. The zero-order valence-electron chi connectivity index (χ0n) is 16.6. The van der Waals surface area contributed by atoms with E-state index in [0.717, 1.165) is 11.3 Å². The first-order valence-corrected chi connectivity index (χ1v) is 8.93. The molecule has 0 fully saturated rings. The second-order valence-corrected chi connectivity index (χ2v) is 6.81. The van der Waals surface area contributed by atoms with Crippen LogP contribution in [-0.2, 0) is 0 Å². The van der Waals surface area contributed by atoms with Gasteiger partial charge in [0.15, 0.2) is 11.5 Å². The Morgan fingerprint density at radius 2 is 1.83 bits per heavy atom. The highest BCUT2D eigenvalue weighted by Gasteiger charge is 2.36. The van der Waals surface area contributed by atoms with Crippen LogP contribution in [0.4, 0.5) is 5.69 Å². The minimum absolute atomic E-state index is 0.0552. The van der Waals surface area contributed by atoms with E-state index in [1.54, 1.807) is 6.07 Å². The number of nitrogens with two attached hydrogens (primary N) is 1. The fraction of sp³-hybridized carbons (Fsp3) is 0.286. The van der Waals surface area contributed by atoms with Gasteiger partial charge in [-0.25, -0.2) is 0 Å². The van der Waals surface area contributed by atoms with Crippen molar-refractivity contribution in [1.82, 2.24) is 0 Å². The van der Waals surface area contributed by atoms with Crippen LogP contribution in [0.3, 0.4) is 0 Å². The van der Waals surface area contributed by atoms with Gasteiger partial charge in [0.05, 0.1) is 20.1 Å². The van der Waals surface area contributed by atoms with Crippen molar-refractivity contribution in [3.63, 3.8) is 0 Å². The SMILES string of the molecule is COc1c(C2C(C#N)=C(N)Oc3cc(N(C)C)ccc32)cc2c(c1OC)OCO2. The van der Waals surface area contributed by atoms with Crippen molar-refractivity contribution < 1.29 is 23.7 Å². The van der Waals surface area contributed by atoms with E-state index in [2.05, 4.69) is 6.07 Å². The number of ether oxygens (including phenoxy) is 5. The van der Waals surface area contributed by atoms with Crippen LogP contribution < -0.4 is 34.3 Å². The van der Waals surface area contributed by atoms with Crippen LogP contribution in [0.1, 0.15) is 17.0 Å². The molecule has 2 aromatic carbocycles. The van der Waals surface area contributed by atoms with E-state index < -0.39 is 5.92 Å². The molecular weight excluding hydrogens is 374 g/mol. The fourth-order valence-electron chi connectivity index (χ4n) is 3.67. The molecule has 2 aromatic rings. The Hall–Kier alpha value is -3.73. The minimum Gasteiger partial charge on any atom is -0.492 e. The summed E-state index contributed by atoms with van der Waals surface area (Å²) in [5, 5.41) is 9.84. The smallest absolute Gasteiger partial charge is 0.231 e. The van der Waals surface area contributed by atoms with E-state index in [1.807, 2.05) is 37.2 Å². The van der Waals surface area contributed by atoms with Crippen LogP contribution in [0.2, 0.25) is 0 Å². The zero-order chi connectivity index (χ0) is 20.7. The van der Waals surface area contributed by atoms with Crippen molar-refractivity contribution in [2.45, 2.75) is 5.92 Å². The van der Waals surface area contributed by atoms with E-state index in [0.29, 0.717) is 34.3 Å². The fourth-order valence-corrected chi connectivity index (χ4v) is 3.67. The molecule has 0 aromatic heterocycles. The third-order valence-corrected chi connectivity index (χ3v) is 5.04. The number of rotatable bonds is 4. The Balaban J connectivity index is 1.98. The summed E-state index contributed by atoms with van der Waals surface area (Å²) >= 11 is 0. The van der Waals surface area contributed by atoms with Crippen molar-refractivity contribution in [1.29, 1.82) is 5.26 Å². The van der Waals surface area contributed by atoms with Crippen LogP contribution in [0.5, 0.6) is 28.7 Å². The van der Waals surface area contributed by atoms with Crippen molar-refractivity contribution in [3.05, 3.63) is 46.8 Å². The first-order valence-electron chi connectivity index (χ1n) is 8.93. The normalized spacial score (nSPS) is 16.6. The molecule has 0 aliphatic carbocycles. The maximum absolute atomic E-state index is 9.84. The lowest BCUT2D eigenvalue weighted by Crippen LogP contribution is -2.22. The first kappa shape index (κ1) is 18.6. The Bertz CT molecular complexity index is 1060. The number of allylic oxidation sites excluding steroid dienone is 1. The summed E-state index contributed by atoms with van der Waals surface area (Å²) in [5.74, 6) is 1.97. The molecule has 2 N–H and O–H groups in total. The average Bonchev–Trinajstić information content (AvgIpc) is 3.18. The molecule has 0 radical (unpaired) electrons. The van der Waals surface area contributed by atoms with Crippen LogP contribution in [0.15, 0.2) is 35.7 Å². The van der Waals surface area contributed by atoms with Gasteiger partial charge in [0.2, 0.25) is 24.2 Å². The number of nitriles is 1. The number of fused-ring (bicyclic) bond motifs is 2. The monoisotopic (exact) mass is 395 g/mol. The maximum Gasteiger partial charge on any atom is 0.231 e. The van der Waals surface area contributed by atoms with Crippen molar-refractivity contribution in [3.8, 4) is 34.8 Å². The highest BCUT2D eigenvalue weighted by Crippen LogP contribution is 2.54. The summed E-state index contributed by atoms with van der Waals surface area (Å²) < 4.78 is 28.1. The molecule has 8 heteroatoms. The third kappa shape index (κ3) is 2.83. The lowest BCUT2D eigenvalue weighted by Gasteiger charge is -2.29. The highest BCUT2D eigenvalue weighted by atomic mass is 16.7. The third-order valence-electron chi connectivity index (χ3n) is 5.04. The largest absolute Gasteiger partial charge is 0.492 e. The zero-order valence-corrected chi connectivity index (χ0v) is 16.6. The first-order chi connectivity index (χ1) is 14.0. The molecule has 0 saturated heterocycles. The Kier molecular flexibility index (Phi) is 4.51. The van der Waals surface area contributed by atoms with E-state index in [9.17, 15) is 5.26 Å². The van der Waals surface area contributed by atoms with Gasteiger partial charge in [0.1, 0.15) is 17.4 Å². The van der Waals surface area contributed by atoms with Crippen LogP contribution in [0.25, 0.3) is 0 Å². The summed E-state index contributed by atoms with van der Waals surface area (Å²) in [6, 6.07) is 9.76. The molecule has 2 heterocycles. The number of nitrogens with zero attached hydrogens (tertiary/aromatic N) is 2. The summed E-state index contributed by atoms with van der Waals surface area (Å²) in [7, 11) is 6.94. The van der Waals surface area contributed by atoms with Gasteiger partial charge in [-0.2, -0.15) is 5.26 Å². The predicted octanol–water partition coefficient (Wildman–Crippen LogP) is 2.72. The molecule has 1 unspecified atom stereocenters. The Morgan fingerprint density at radius 3 is 2.48 bits per heavy atom. The molecule has 0 saturated carbocycles. The molecule has 4 rings (SSSR count). The van der Waals surface area contributed by atoms with Crippen molar-refractivity contribution >= 4 is 5.69 Å². The molecular formula is C21H21N3O5. The number of hydrogen-bond acceptors (Lipinski definition) is 8. The second-order valence-electron chi connectivity index (χ2n) is 6.81. The molecule has 0 amide bonds. The Labute approximate surface area is 168 Å². The molecule has 8 nitrogen and oxygen atoms in total. The van der Waals surface area contributed by atoms with Gasteiger partial charge in [-0.1, -0.05) is 6.07 Å². The molecule has 2 aliphatic heterocycles. The number of hydrogen-bond donors (Lipinski definition) is 1. The lowest BCUT2D eigenvalue weighted by molar-refractivity contribution is 0.170. The van der Waals surface area contributed by atoms with Crippen LogP contribution in [0, 0.1) is 11.3 Å². The number of benzene rings is 2. The van der Waals surface area contributed by atoms with Gasteiger partial charge in [0.25, 0.3) is 0 Å². The molecule has 1 atom stereocenters. The van der Waals surface area contributed by atoms with Gasteiger partial charge < -0.3 is 34.3 Å². The molecule has 0 spiro atoms. The van der Waals surface area contributed by atoms with Gasteiger partial charge in [0, 0.05) is 37.0 Å². The summed E-state index contributed by atoms with van der Waals surface area (Å²) in [6.07, 6.45) is 0. The van der Waals surface area contributed by atoms with Crippen LogP contribution >= 0.6 is 0 Å². The summed E-state index contributed by atoms with van der Waals surface area (Å²) in [4.78, 5) is 1.96. The average molecular weight is 395 g/mol. The van der Waals surface area contributed by atoms with Gasteiger partial charge >= 0.3 is 0 Å². The summed E-state index contributed by atoms with van der Waals surface area (Å²) in [5.41, 5.74) is 8.83. The van der Waals surface area contributed by atoms with Crippen molar-refractivity contribution in [2.75, 3.05) is 40.0 Å². The second kappa shape index (κ2) is 7.02. The number of methoxy groups -OCH3 is 2. The topological polar surface area (TPSA) is 99.2 Å². The van der Waals surface area contributed by atoms with E-state index in [-0.39, 0.29) is 18.2 Å². The molecule has 150 valence electrons. The molecule has 0 bridgehead atoms. The van der Waals surface area contributed by atoms with Crippen molar-refractivity contribution in [2.24, 2.45) is 5.73 Å². The maximum atomic E-state index is 9.84. The highest BCUT2D eigenvalue weighted by molar-refractivity contribution is 5.69. The standard InChI is InChI=1S/C21H21N3O5/c1-24(2)11-5-6-12-15(7-11)29-21(23)14(9-22)17(12)13-8-16-19(28-10-27-16)20(26-4)18(13)25-3/h5-8,17H,10,23H2,1-4H3. The van der Waals surface area contributed by atoms with Gasteiger partial charge in [-0.3, -0.25) is 0 Å². The van der Waals surface area contributed by atoms with Crippen LogP contribution in [-0.4, -0.2) is 35.1 Å². The quantitative estimate of drug-likeness (QED) is 0.844. The van der Waals surface area contributed by atoms with E-state index in [4.69, 9.17) is 29.4 Å². The number of anilines is 1. The van der Waals surface area contributed by atoms with Gasteiger partial charge in [-0.05, 0) is 12.1 Å². The minimum atomic E-state index is -0.515. The van der Waals surface area contributed by atoms with E-state index >= 15 is 0 Å². The Morgan fingerprint density at radius 1 is 1.07 bits per heavy atom. The summed E-state index contributed by atoms with van der Waals surface area (Å²) in [6.45, 7) is 0.0813. The van der Waals surface area contributed by atoms with Gasteiger partial charge in [-0.15, -0.1) is 0 Å². The lowest BCUT2D eigenvalue weighted by atomic mass is 9.82. The van der Waals surface area contributed by atoms with E-state index in [1.165, 1.54) is 14.2 Å². The predicted molar refractivity (Wildman–Crippen MR) is 106 cm³/mol.